The van der Waals surface area contributed by atoms with E-state index in [1.54, 1.807) is 7.11 Å². The number of methoxy groups -OCH3 is 1. The van der Waals surface area contributed by atoms with E-state index < -0.39 is 5.60 Å². The van der Waals surface area contributed by atoms with Crippen molar-refractivity contribution in [2.45, 2.75) is 45.1 Å². The molecule has 0 bridgehead atoms. The van der Waals surface area contributed by atoms with Crippen LogP contribution in [0.15, 0.2) is 18.2 Å². The maximum absolute atomic E-state index is 12.3. The molecule has 0 aromatic heterocycles. The summed E-state index contributed by atoms with van der Waals surface area (Å²) in [7, 11) is 1.65. The Kier molecular flexibility index (Phi) is 3.34. The summed E-state index contributed by atoms with van der Waals surface area (Å²) >= 11 is 0. The van der Waals surface area contributed by atoms with Gasteiger partial charge in [0.05, 0.1) is 0 Å². The maximum Gasteiger partial charge on any atom is 0.168 e. The van der Waals surface area contributed by atoms with Gasteiger partial charge >= 0.3 is 0 Å². The predicted octanol–water partition coefficient (Wildman–Crippen LogP) is 2.98. The molecule has 0 radical (unpaired) electrons. The zero-order chi connectivity index (χ0) is 12.5. The first-order valence-electron chi connectivity index (χ1n) is 6.22. The summed E-state index contributed by atoms with van der Waals surface area (Å²) in [6.07, 6.45) is 3.37. The van der Waals surface area contributed by atoms with Crippen molar-refractivity contribution in [2.75, 3.05) is 7.11 Å². The summed E-state index contributed by atoms with van der Waals surface area (Å²) in [5.41, 5.74) is 3.06. The Morgan fingerprint density at radius 3 is 2.59 bits per heavy atom. The van der Waals surface area contributed by atoms with Crippen LogP contribution in [0.3, 0.4) is 0 Å². The van der Waals surface area contributed by atoms with Crippen LogP contribution < -0.4 is 0 Å². The van der Waals surface area contributed by atoms with Crippen LogP contribution in [-0.4, -0.2) is 18.5 Å². The standard InChI is InChI=1S/C15H20O2/c1-11-5-6-12(2)13(9-11)10-14(16)15(17-3)7-4-8-15/h5-6,9H,4,7-8,10H2,1-3H3. The minimum absolute atomic E-state index is 0.236. The molecule has 0 heterocycles. The summed E-state index contributed by atoms with van der Waals surface area (Å²) in [5.74, 6) is 0.236. The lowest BCUT2D eigenvalue weighted by Crippen LogP contribution is -2.47. The first-order chi connectivity index (χ1) is 8.07. The second-order valence-electron chi connectivity index (χ2n) is 5.08. The number of Topliss-reactive ketones (excluding diaryl/α,β-unsaturated/α-hetero) is 1. The minimum atomic E-state index is -0.476. The second kappa shape index (κ2) is 4.61. The fraction of sp³-hybridized carbons (Fsp3) is 0.533. The Balaban J connectivity index is 2.15. The summed E-state index contributed by atoms with van der Waals surface area (Å²) in [4.78, 5) is 12.3. The third-order valence-corrected chi connectivity index (χ3v) is 3.92. The fourth-order valence-corrected chi connectivity index (χ4v) is 2.42. The average molecular weight is 232 g/mol. The van der Waals surface area contributed by atoms with E-state index in [4.69, 9.17) is 4.74 Å². The van der Waals surface area contributed by atoms with Gasteiger partial charge in [0, 0.05) is 13.5 Å². The number of rotatable bonds is 4. The highest BCUT2D eigenvalue weighted by Gasteiger charge is 2.43. The van der Waals surface area contributed by atoms with E-state index in [9.17, 15) is 4.79 Å². The molecule has 0 N–H and O–H groups in total. The van der Waals surface area contributed by atoms with Crippen LogP contribution in [0.4, 0.5) is 0 Å². The van der Waals surface area contributed by atoms with Gasteiger partial charge in [-0.05, 0) is 44.2 Å². The van der Waals surface area contributed by atoms with E-state index in [1.165, 1.54) is 11.1 Å². The molecular weight excluding hydrogens is 212 g/mol. The van der Waals surface area contributed by atoms with E-state index in [0.29, 0.717) is 6.42 Å². The molecule has 1 aliphatic rings. The minimum Gasteiger partial charge on any atom is -0.370 e. The molecule has 0 spiro atoms. The topological polar surface area (TPSA) is 26.3 Å². The molecule has 2 heteroatoms. The number of hydrogen-bond acceptors (Lipinski definition) is 2. The normalized spacial score (nSPS) is 17.6. The van der Waals surface area contributed by atoms with Crippen molar-refractivity contribution in [1.29, 1.82) is 0 Å². The Hall–Kier alpha value is -1.15. The number of aryl methyl sites for hydroxylation is 2. The molecule has 0 atom stereocenters. The van der Waals surface area contributed by atoms with Crippen LogP contribution >= 0.6 is 0 Å². The fourth-order valence-electron chi connectivity index (χ4n) is 2.42. The second-order valence-corrected chi connectivity index (χ2v) is 5.08. The predicted molar refractivity (Wildman–Crippen MR) is 68.2 cm³/mol. The van der Waals surface area contributed by atoms with E-state index in [1.807, 2.05) is 0 Å². The molecule has 0 amide bonds. The lowest BCUT2D eigenvalue weighted by Gasteiger charge is -2.39. The largest absolute Gasteiger partial charge is 0.370 e. The highest BCUT2D eigenvalue weighted by Crippen LogP contribution is 2.36. The van der Waals surface area contributed by atoms with Gasteiger partial charge in [0.2, 0.25) is 0 Å². The van der Waals surface area contributed by atoms with Crippen molar-refractivity contribution in [2.24, 2.45) is 0 Å². The lowest BCUT2D eigenvalue weighted by atomic mass is 9.75. The van der Waals surface area contributed by atoms with E-state index >= 15 is 0 Å². The van der Waals surface area contributed by atoms with Gasteiger partial charge in [-0.3, -0.25) is 4.79 Å². The molecule has 1 aromatic carbocycles. The maximum atomic E-state index is 12.3. The van der Waals surface area contributed by atoms with Crippen LogP contribution in [-0.2, 0) is 16.0 Å². The van der Waals surface area contributed by atoms with Crippen molar-refractivity contribution >= 4 is 5.78 Å². The molecule has 17 heavy (non-hydrogen) atoms. The van der Waals surface area contributed by atoms with Crippen LogP contribution in [0.1, 0.15) is 36.0 Å². The smallest absolute Gasteiger partial charge is 0.168 e. The number of ether oxygens (including phenoxy) is 1. The van der Waals surface area contributed by atoms with Gasteiger partial charge in [0.1, 0.15) is 5.60 Å². The SMILES string of the molecule is COC1(C(=O)Cc2cc(C)ccc2C)CCC1. The van der Waals surface area contributed by atoms with Gasteiger partial charge in [0.15, 0.2) is 5.78 Å². The third kappa shape index (κ3) is 2.27. The first-order valence-corrected chi connectivity index (χ1v) is 6.22. The van der Waals surface area contributed by atoms with Crippen LogP contribution in [0, 0.1) is 13.8 Å². The number of carbonyl (C=O) groups excluding carboxylic acids is 1. The number of hydrogen-bond donors (Lipinski definition) is 0. The molecule has 2 nitrogen and oxygen atoms in total. The molecule has 1 aliphatic carbocycles. The number of ketones is 1. The molecule has 1 aromatic rings. The van der Waals surface area contributed by atoms with Gasteiger partial charge < -0.3 is 4.74 Å². The van der Waals surface area contributed by atoms with Crippen LogP contribution in [0.2, 0.25) is 0 Å². The number of benzene rings is 1. The average Bonchev–Trinajstić information content (AvgIpc) is 2.23. The van der Waals surface area contributed by atoms with Crippen molar-refractivity contribution in [1.82, 2.24) is 0 Å². The van der Waals surface area contributed by atoms with Gasteiger partial charge in [-0.25, -0.2) is 0 Å². The molecule has 0 unspecified atom stereocenters. The monoisotopic (exact) mass is 232 g/mol. The van der Waals surface area contributed by atoms with Gasteiger partial charge in [-0.2, -0.15) is 0 Å². The van der Waals surface area contributed by atoms with Gasteiger partial charge in [0.25, 0.3) is 0 Å². The third-order valence-electron chi connectivity index (χ3n) is 3.92. The number of carbonyl (C=O) groups is 1. The molecule has 2 rings (SSSR count). The highest BCUT2D eigenvalue weighted by atomic mass is 16.5. The zero-order valence-electron chi connectivity index (χ0n) is 10.9. The van der Waals surface area contributed by atoms with Crippen LogP contribution in [0.5, 0.6) is 0 Å². The van der Waals surface area contributed by atoms with E-state index in [2.05, 4.69) is 32.0 Å². The highest BCUT2D eigenvalue weighted by molar-refractivity contribution is 5.90. The van der Waals surface area contributed by atoms with Gasteiger partial charge in [-0.1, -0.05) is 23.8 Å². The van der Waals surface area contributed by atoms with Crippen LogP contribution in [0.25, 0.3) is 0 Å². The Labute approximate surface area is 103 Å². The van der Waals surface area contributed by atoms with E-state index in [0.717, 1.165) is 24.8 Å². The summed E-state index contributed by atoms with van der Waals surface area (Å²) in [6.45, 7) is 4.12. The van der Waals surface area contributed by atoms with Crippen molar-refractivity contribution in [3.8, 4) is 0 Å². The summed E-state index contributed by atoms with van der Waals surface area (Å²) in [5, 5.41) is 0. The Bertz CT molecular complexity index is 425. The Morgan fingerprint density at radius 2 is 2.06 bits per heavy atom. The molecule has 0 aliphatic heterocycles. The summed E-state index contributed by atoms with van der Waals surface area (Å²) in [6, 6.07) is 6.27. The molecule has 1 saturated carbocycles. The van der Waals surface area contributed by atoms with Crippen molar-refractivity contribution in [3.05, 3.63) is 34.9 Å². The van der Waals surface area contributed by atoms with Crippen molar-refractivity contribution < 1.29 is 9.53 Å². The quantitative estimate of drug-likeness (QED) is 0.797. The van der Waals surface area contributed by atoms with Crippen molar-refractivity contribution in [3.63, 3.8) is 0 Å². The summed E-state index contributed by atoms with van der Waals surface area (Å²) < 4.78 is 5.43. The van der Waals surface area contributed by atoms with E-state index in [-0.39, 0.29) is 5.78 Å². The molecule has 92 valence electrons. The zero-order valence-corrected chi connectivity index (χ0v) is 10.9. The lowest BCUT2D eigenvalue weighted by molar-refractivity contribution is -0.151. The molecule has 1 fully saturated rings. The first kappa shape index (κ1) is 12.3. The Morgan fingerprint density at radius 1 is 1.35 bits per heavy atom. The van der Waals surface area contributed by atoms with Gasteiger partial charge in [-0.15, -0.1) is 0 Å². The molecule has 0 saturated heterocycles. The molecular formula is C15H20O2.